The zero-order valence-electron chi connectivity index (χ0n) is 12.8. The summed E-state index contributed by atoms with van der Waals surface area (Å²) in [5.74, 6) is -0.321. The zero-order valence-corrected chi connectivity index (χ0v) is 15.1. The van der Waals surface area contributed by atoms with Crippen LogP contribution in [-0.4, -0.2) is 42.3 Å². The van der Waals surface area contributed by atoms with Crippen molar-refractivity contribution in [3.8, 4) is 0 Å². The first-order valence-electron chi connectivity index (χ1n) is 6.86. The fourth-order valence-electron chi connectivity index (χ4n) is 1.96. The number of furan rings is 1. The van der Waals surface area contributed by atoms with Gasteiger partial charge in [-0.3, -0.25) is 9.59 Å². The minimum atomic E-state index is -0.344. The van der Waals surface area contributed by atoms with Crippen molar-refractivity contribution in [3.63, 3.8) is 0 Å². The molecular weight excluding hydrogens is 384 g/mol. The van der Waals surface area contributed by atoms with Gasteiger partial charge >= 0.3 is 0 Å². The normalized spacial score (nSPS) is 10.4. The molecule has 2 aromatic rings. The molecule has 0 spiro atoms. The summed E-state index contributed by atoms with van der Waals surface area (Å²) in [6.45, 7) is 0.422. The lowest BCUT2D eigenvalue weighted by Crippen LogP contribution is -2.39. The van der Waals surface area contributed by atoms with Gasteiger partial charge in [-0.1, -0.05) is 23.7 Å². The fourth-order valence-corrected chi connectivity index (χ4v) is 2.40. The van der Waals surface area contributed by atoms with Gasteiger partial charge in [-0.15, -0.1) is 0 Å². The number of halogens is 2. The second kappa shape index (κ2) is 7.66. The number of carbonyl (C=O) groups excluding carboxylic acids is 2. The van der Waals surface area contributed by atoms with Gasteiger partial charge in [0.1, 0.15) is 0 Å². The van der Waals surface area contributed by atoms with Crippen molar-refractivity contribution in [2.24, 2.45) is 0 Å². The van der Waals surface area contributed by atoms with Crippen LogP contribution in [0.2, 0.25) is 5.02 Å². The highest BCUT2D eigenvalue weighted by Gasteiger charge is 2.20. The average Bonchev–Trinajstić information content (AvgIpc) is 2.95. The van der Waals surface area contributed by atoms with Gasteiger partial charge in [0.25, 0.3) is 5.91 Å². The van der Waals surface area contributed by atoms with Crippen LogP contribution in [-0.2, 0) is 11.3 Å². The molecule has 1 aromatic heterocycles. The Kier molecular flexibility index (Phi) is 5.85. The molecule has 2 amide bonds. The second-order valence-electron chi connectivity index (χ2n) is 5.14. The lowest BCUT2D eigenvalue weighted by Gasteiger charge is -2.21. The molecule has 0 aliphatic carbocycles. The molecule has 0 N–H and O–H groups in total. The lowest BCUT2D eigenvalue weighted by atomic mass is 10.2. The summed E-state index contributed by atoms with van der Waals surface area (Å²) in [4.78, 5) is 27.3. The Bertz CT molecular complexity index is 700. The Morgan fingerprint density at radius 3 is 2.30 bits per heavy atom. The van der Waals surface area contributed by atoms with E-state index < -0.39 is 0 Å². The number of rotatable bonds is 5. The highest BCUT2D eigenvalue weighted by molar-refractivity contribution is 9.10. The SMILES string of the molecule is CN(Cc1ccc(Cl)cc1)C(=O)CN(C)C(=O)c1ccc(Br)o1. The van der Waals surface area contributed by atoms with E-state index in [4.69, 9.17) is 16.0 Å². The van der Waals surface area contributed by atoms with E-state index in [9.17, 15) is 9.59 Å². The number of likely N-dealkylation sites (N-methyl/N-ethyl adjacent to an activating group) is 2. The van der Waals surface area contributed by atoms with E-state index >= 15 is 0 Å². The van der Waals surface area contributed by atoms with Crippen molar-refractivity contribution < 1.29 is 14.0 Å². The van der Waals surface area contributed by atoms with E-state index in [1.54, 1.807) is 43.3 Å². The first kappa shape index (κ1) is 17.6. The molecule has 0 bridgehead atoms. The number of hydrogen-bond acceptors (Lipinski definition) is 3. The van der Waals surface area contributed by atoms with Crippen molar-refractivity contribution in [1.29, 1.82) is 0 Å². The summed E-state index contributed by atoms with van der Waals surface area (Å²) in [5.41, 5.74) is 0.967. The fraction of sp³-hybridized carbons (Fsp3) is 0.250. The number of nitrogens with zero attached hydrogens (tertiary/aromatic N) is 2. The Labute approximate surface area is 147 Å². The van der Waals surface area contributed by atoms with Gasteiger partial charge in [-0.05, 0) is 45.8 Å². The number of hydrogen-bond donors (Lipinski definition) is 0. The quantitative estimate of drug-likeness (QED) is 0.774. The first-order chi connectivity index (χ1) is 10.9. The van der Waals surface area contributed by atoms with Crippen LogP contribution in [0.4, 0.5) is 0 Å². The van der Waals surface area contributed by atoms with Crippen molar-refractivity contribution in [1.82, 2.24) is 9.80 Å². The van der Waals surface area contributed by atoms with Crippen LogP contribution in [0.5, 0.6) is 0 Å². The standard InChI is InChI=1S/C16H16BrClN2O3/c1-19(9-11-3-5-12(18)6-4-11)15(21)10-20(2)16(22)13-7-8-14(17)23-13/h3-8H,9-10H2,1-2H3. The maximum absolute atomic E-state index is 12.2. The smallest absolute Gasteiger partial charge is 0.289 e. The van der Waals surface area contributed by atoms with E-state index in [-0.39, 0.29) is 24.1 Å². The van der Waals surface area contributed by atoms with Crippen LogP contribution in [0, 0.1) is 0 Å². The molecule has 0 radical (unpaired) electrons. The van der Waals surface area contributed by atoms with Crippen LogP contribution in [0.15, 0.2) is 45.5 Å². The molecule has 0 saturated carbocycles. The molecular formula is C16H16BrClN2O3. The topological polar surface area (TPSA) is 53.8 Å². The Morgan fingerprint density at radius 2 is 1.74 bits per heavy atom. The molecule has 23 heavy (non-hydrogen) atoms. The monoisotopic (exact) mass is 398 g/mol. The average molecular weight is 400 g/mol. The highest BCUT2D eigenvalue weighted by atomic mass is 79.9. The van der Waals surface area contributed by atoms with E-state index in [1.165, 1.54) is 4.90 Å². The van der Waals surface area contributed by atoms with Gasteiger partial charge in [0.2, 0.25) is 5.91 Å². The molecule has 1 heterocycles. The van der Waals surface area contributed by atoms with Crippen LogP contribution >= 0.6 is 27.5 Å². The maximum Gasteiger partial charge on any atom is 0.289 e. The van der Waals surface area contributed by atoms with Gasteiger partial charge in [0, 0.05) is 25.7 Å². The van der Waals surface area contributed by atoms with E-state index in [1.807, 2.05) is 12.1 Å². The maximum atomic E-state index is 12.2. The third-order valence-corrected chi connectivity index (χ3v) is 3.94. The van der Waals surface area contributed by atoms with Crippen molar-refractivity contribution >= 4 is 39.3 Å². The van der Waals surface area contributed by atoms with Gasteiger partial charge in [-0.25, -0.2) is 0 Å². The predicted octanol–water partition coefficient (Wildman–Crippen LogP) is 3.43. The molecule has 2 rings (SSSR count). The molecule has 1 aromatic carbocycles. The van der Waals surface area contributed by atoms with Gasteiger partial charge in [0.15, 0.2) is 10.4 Å². The number of amides is 2. The molecule has 7 heteroatoms. The summed E-state index contributed by atoms with van der Waals surface area (Å²) >= 11 is 8.98. The summed E-state index contributed by atoms with van der Waals surface area (Å²) in [6, 6.07) is 10.5. The van der Waals surface area contributed by atoms with E-state index in [0.717, 1.165) is 5.56 Å². The van der Waals surface area contributed by atoms with Crippen LogP contribution in [0.1, 0.15) is 16.1 Å². The number of carbonyl (C=O) groups is 2. The Hall–Kier alpha value is -1.79. The Balaban J connectivity index is 1.92. The van der Waals surface area contributed by atoms with Crippen molar-refractivity contribution in [3.05, 3.63) is 57.4 Å². The Morgan fingerprint density at radius 1 is 1.09 bits per heavy atom. The molecule has 0 aliphatic heterocycles. The van der Waals surface area contributed by atoms with Crippen LogP contribution in [0.3, 0.4) is 0 Å². The predicted molar refractivity (Wildman–Crippen MR) is 91.3 cm³/mol. The molecule has 0 atom stereocenters. The molecule has 5 nitrogen and oxygen atoms in total. The van der Waals surface area contributed by atoms with Crippen molar-refractivity contribution in [2.75, 3.05) is 20.6 Å². The third-order valence-electron chi connectivity index (χ3n) is 3.26. The van der Waals surface area contributed by atoms with E-state index in [2.05, 4.69) is 15.9 Å². The van der Waals surface area contributed by atoms with E-state index in [0.29, 0.717) is 16.2 Å². The minimum absolute atomic E-state index is 0.0265. The summed E-state index contributed by atoms with van der Waals surface area (Å²) in [5, 5.41) is 0.651. The molecule has 0 aliphatic rings. The molecule has 122 valence electrons. The molecule has 0 fully saturated rings. The largest absolute Gasteiger partial charge is 0.444 e. The lowest BCUT2D eigenvalue weighted by molar-refractivity contribution is -0.130. The first-order valence-corrected chi connectivity index (χ1v) is 8.03. The number of benzene rings is 1. The summed E-state index contributed by atoms with van der Waals surface area (Å²) < 4.78 is 5.68. The second-order valence-corrected chi connectivity index (χ2v) is 6.36. The molecule has 0 unspecified atom stereocenters. The minimum Gasteiger partial charge on any atom is -0.444 e. The van der Waals surface area contributed by atoms with Gasteiger partial charge in [-0.2, -0.15) is 0 Å². The van der Waals surface area contributed by atoms with Gasteiger partial charge in [0.05, 0.1) is 6.54 Å². The molecule has 0 saturated heterocycles. The van der Waals surface area contributed by atoms with Crippen molar-refractivity contribution in [2.45, 2.75) is 6.54 Å². The van der Waals surface area contributed by atoms with Crippen LogP contribution < -0.4 is 0 Å². The summed E-state index contributed by atoms with van der Waals surface area (Å²) in [7, 11) is 3.26. The van der Waals surface area contributed by atoms with Crippen LogP contribution in [0.25, 0.3) is 0 Å². The van der Waals surface area contributed by atoms with Gasteiger partial charge < -0.3 is 14.2 Å². The third kappa shape index (κ3) is 4.84. The summed E-state index contributed by atoms with van der Waals surface area (Å²) in [6.07, 6.45) is 0. The zero-order chi connectivity index (χ0) is 17.0. The highest BCUT2D eigenvalue weighted by Crippen LogP contribution is 2.15.